The second-order valence-electron chi connectivity index (χ2n) is 3.04. The van der Waals surface area contributed by atoms with Crippen LogP contribution in [0.5, 0.6) is 0 Å². The summed E-state index contributed by atoms with van der Waals surface area (Å²) < 4.78 is 10.1. The second kappa shape index (κ2) is 4.19. The van der Waals surface area contributed by atoms with Gasteiger partial charge >= 0.3 is 0 Å². The van der Waals surface area contributed by atoms with Crippen LogP contribution in [0.3, 0.4) is 0 Å². The van der Waals surface area contributed by atoms with Gasteiger partial charge in [-0.15, -0.1) is 0 Å². The monoisotopic (exact) mass is 222 g/mol. The second-order valence-corrected chi connectivity index (χ2v) is 3.04. The summed E-state index contributed by atoms with van der Waals surface area (Å²) in [5.74, 6) is 0.536. The molecule has 0 unspecified atom stereocenters. The molecule has 0 saturated carbocycles. The van der Waals surface area contributed by atoms with Crippen molar-refractivity contribution in [1.29, 1.82) is 0 Å². The molecule has 0 saturated heterocycles. The summed E-state index contributed by atoms with van der Waals surface area (Å²) >= 11 is 0. The molecule has 0 aromatic carbocycles. The predicted molar refractivity (Wildman–Crippen MR) is 53.3 cm³/mol. The van der Waals surface area contributed by atoms with Crippen molar-refractivity contribution in [2.24, 2.45) is 0 Å². The lowest BCUT2D eigenvalue weighted by molar-refractivity contribution is -0.0762. The quantitative estimate of drug-likeness (QED) is 0.737. The molecule has 2 rings (SSSR count). The molecule has 0 N–H and O–H groups in total. The maximum atomic E-state index is 11.6. The van der Waals surface area contributed by atoms with Gasteiger partial charge in [-0.05, 0) is 12.1 Å². The standard InChI is InChI=1S/C10H10N2O4/c1-12(14-2)10(13)7-6-9(16-11-7)8-4-3-5-15-8/h3-6H,1-2H3. The highest BCUT2D eigenvalue weighted by Gasteiger charge is 2.18. The number of hydroxylamine groups is 2. The van der Waals surface area contributed by atoms with Crippen LogP contribution in [-0.2, 0) is 4.84 Å². The van der Waals surface area contributed by atoms with E-state index in [1.807, 2.05) is 0 Å². The van der Waals surface area contributed by atoms with Gasteiger partial charge in [0, 0.05) is 13.1 Å². The molecule has 16 heavy (non-hydrogen) atoms. The summed E-state index contributed by atoms with van der Waals surface area (Å²) in [6, 6.07) is 4.94. The average molecular weight is 222 g/mol. The van der Waals surface area contributed by atoms with Crippen molar-refractivity contribution < 1.29 is 18.6 Å². The van der Waals surface area contributed by atoms with Crippen molar-refractivity contribution in [3.8, 4) is 11.5 Å². The number of furan rings is 1. The first-order valence-electron chi connectivity index (χ1n) is 4.55. The van der Waals surface area contributed by atoms with Gasteiger partial charge < -0.3 is 8.94 Å². The first-order valence-corrected chi connectivity index (χ1v) is 4.55. The number of rotatable bonds is 3. The first kappa shape index (κ1) is 10.4. The van der Waals surface area contributed by atoms with E-state index in [2.05, 4.69) is 5.16 Å². The molecule has 0 atom stereocenters. The molecule has 6 nitrogen and oxygen atoms in total. The maximum absolute atomic E-state index is 11.6. The third-order valence-corrected chi connectivity index (χ3v) is 2.05. The van der Waals surface area contributed by atoms with Crippen LogP contribution < -0.4 is 0 Å². The van der Waals surface area contributed by atoms with Crippen LogP contribution in [0, 0.1) is 0 Å². The third kappa shape index (κ3) is 1.82. The highest BCUT2D eigenvalue weighted by atomic mass is 16.7. The molecule has 0 aliphatic carbocycles. The van der Waals surface area contributed by atoms with Gasteiger partial charge in [0.25, 0.3) is 5.91 Å². The van der Waals surface area contributed by atoms with Crippen molar-refractivity contribution in [3.05, 3.63) is 30.2 Å². The molecule has 0 radical (unpaired) electrons. The minimum atomic E-state index is -0.385. The topological polar surface area (TPSA) is 68.7 Å². The van der Waals surface area contributed by atoms with E-state index in [1.54, 1.807) is 12.1 Å². The lowest BCUT2D eigenvalue weighted by Crippen LogP contribution is -2.25. The summed E-state index contributed by atoms with van der Waals surface area (Å²) in [6.45, 7) is 0. The molecule has 0 bridgehead atoms. The Morgan fingerprint density at radius 3 is 2.94 bits per heavy atom. The highest BCUT2D eigenvalue weighted by molar-refractivity contribution is 5.92. The van der Waals surface area contributed by atoms with E-state index in [-0.39, 0.29) is 11.6 Å². The Kier molecular flexibility index (Phi) is 2.74. The summed E-state index contributed by atoms with van der Waals surface area (Å²) in [5.41, 5.74) is 0.163. The van der Waals surface area contributed by atoms with Crippen LogP contribution >= 0.6 is 0 Å². The van der Waals surface area contributed by atoms with Gasteiger partial charge in [0.2, 0.25) is 5.76 Å². The Labute approximate surface area is 91.3 Å². The zero-order valence-corrected chi connectivity index (χ0v) is 8.84. The van der Waals surface area contributed by atoms with E-state index in [0.717, 1.165) is 5.06 Å². The van der Waals surface area contributed by atoms with Gasteiger partial charge in [0.1, 0.15) is 0 Å². The zero-order chi connectivity index (χ0) is 11.5. The Balaban J connectivity index is 2.23. The average Bonchev–Trinajstić information content (AvgIpc) is 2.96. The van der Waals surface area contributed by atoms with Gasteiger partial charge in [0.05, 0.1) is 13.4 Å². The third-order valence-electron chi connectivity index (χ3n) is 2.05. The maximum Gasteiger partial charge on any atom is 0.299 e. The molecular formula is C10H10N2O4. The normalized spacial score (nSPS) is 10.4. The van der Waals surface area contributed by atoms with Gasteiger partial charge in [-0.2, -0.15) is 0 Å². The molecule has 0 fully saturated rings. The molecule has 0 aliphatic heterocycles. The minimum Gasteiger partial charge on any atom is -0.461 e. The number of hydrogen-bond acceptors (Lipinski definition) is 5. The molecular weight excluding hydrogens is 212 g/mol. The van der Waals surface area contributed by atoms with E-state index in [4.69, 9.17) is 13.8 Å². The smallest absolute Gasteiger partial charge is 0.299 e. The van der Waals surface area contributed by atoms with Crippen molar-refractivity contribution in [2.45, 2.75) is 0 Å². The van der Waals surface area contributed by atoms with E-state index in [0.29, 0.717) is 11.5 Å². The largest absolute Gasteiger partial charge is 0.461 e. The number of aromatic nitrogens is 1. The SMILES string of the molecule is CON(C)C(=O)c1cc(-c2ccco2)on1. The Hall–Kier alpha value is -2.08. The van der Waals surface area contributed by atoms with Crippen LogP contribution in [0.4, 0.5) is 0 Å². The van der Waals surface area contributed by atoms with E-state index < -0.39 is 0 Å². The fourth-order valence-corrected chi connectivity index (χ4v) is 1.16. The minimum absolute atomic E-state index is 0.163. The Morgan fingerprint density at radius 2 is 2.31 bits per heavy atom. The fourth-order valence-electron chi connectivity index (χ4n) is 1.16. The molecule has 84 valence electrons. The number of nitrogens with zero attached hydrogens (tertiary/aromatic N) is 2. The van der Waals surface area contributed by atoms with Gasteiger partial charge in [-0.1, -0.05) is 5.16 Å². The Bertz CT molecular complexity index is 475. The number of carbonyl (C=O) groups excluding carboxylic acids is 1. The summed E-state index contributed by atoms with van der Waals surface area (Å²) in [6.07, 6.45) is 1.51. The van der Waals surface area contributed by atoms with Crippen LogP contribution in [0.2, 0.25) is 0 Å². The van der Waals surface area contributed by atoms with Gasteiger partial charge in [-0.3, -0.25) is 9.63 Å². The van der Waals surface area contributed by atoms with Gasteiger partial charge in [0.15, 0.2) is 11.5 Å². The van der Waals surface area contributed by atoms with Crippen LogP contribution in [0.25, 0.3) is 11.5 Å². The van der Waals surface area contributed by atoms with Crippen molar-refractivity contribution in [1.82, 2.24) is 10.2 Å². The molecule has 0 aliphatic rings. The number of carbonyl (C=O) groups is 1. The predicted octanol–water partition coefficient (Wildman–Crippen LogP) is 1.57. The lowest BCUT2D eigenvalue weighted by Gasteiger charge is -2.10. The molecule has 2 heterocycles. The molecule has 2 aromatic heterocycles. The summed E-state index contributed by atoms with van der Waals surface area (Å²) in [5, 5.41) is 4.69. The molecule has 6 heteroatoms. The van der Waals surface area contributed by atoms with Crippen molar-refractivity contribution >= 4 is 5.91 Å². The van der Waals surface area contributed by atoms with Crippen LogP contribution in [0.15, 0.2) is 33.4 Å². The fraction of sp³-hybridized carbons (Fsp3) is 0.200. The molecule has 0 spiro atoms. The number of hydrogen-bond donors (Lipinski definition) is 0. The zero-order valence-electron chi connectivity index (χ0n) is 8.84. The first-order chi connectivity index (χ1) is 7.72. The van der Waals surface area contributed by atoms with E-state index in [9.17, 15) is 4.79 Å². The summed E-state index contributed by atoms with van der Waals surface area (Å²) in [7, 11) is 2.88. The van der Waals surface area contributed by atoms with Crippen LogP contribution in [-0.4, -0.2) is 30.3 Å². The molecule has 2 aromatic rings. The molecule has 1 amide bonds. The van der Waals surface area contributed by atoms with Crippen molar-refractivity contribution in [3.63, 3.8) is 0 Å². The lowest BCUT2D eigenvalue weighted by atomic mass is 10.3. The number of amides is 1. The van der Waals surface area contributed by atoms with E-state index >= 15 is 0 Å². The summed E-state index contributed by atoms with van der Waals surface area (Å²) in [4.78, 5) is 16.4. The highest BCUT2D eigenvalue weighted by Crippen LogP contribution is 2.20. The van der Waals surface area contributed by atoms with E-state index in [1.165, 1.54) is 26.5 Å². The van der Waals surface area contributed by atoms with Crippen molar-refractivity contribution in [2.75, 3.05) is 14.2 Å². The van der Waals surface area contributed by atoms with Gasteiger partial charge in [-0.25, -0.2) is 5.06 Å². The Morgan fingerprint density at radius 1 is 1.50 bits per heavy atom. The van der Waals surface area contributed by atoms with Crippen LogP contribution in [0.1, 0.15) is 10.5 Å².